The number of aliphatic hydroxyl groups is 5. The summed E-state index contributed by atoms with van der Waals surface area (Å²) in [4.78, 5) is 1.20. The fourth-order valence-corrected chi connectivity index (χ4v) is 3.38. The van der Waals surface area contributed by atoms with Crippen molar-refractivity contribution in [3.8, 4) is 0 Å². The van der Waals surface area contributed by atoms with E-state index in [-0.39, 0.29) is 0 Å². The number of hydrogen-bond donors (Lipinski definition) is 7. The van der Waals surface area contributed by atoms with Crippen molar-refractivity contribution in [2.24, 2.45) is 5.73 Å². The molecule has 0 saturated carbocycles. The van der Waals surface area contributed by atoms with Gasteiger partial charge in [-0.15, -0.1) is 0 Å². The molecule has 0 rings (SSSR count). The van der Waals surface area contributed by atoms with Gasteiger partial charge in [0.1, 0.15) is 12.5 Å². The summed E-state index contributed by atoms with van der Waals surface area (Å²) >= 11 is 0. The maximum absolute atomic E-state index is 10.4. The van der Waals surface area contributed by atoms with Crippen molar-refractivity contribution >= 4 is 0 Å². The number of nitrogens with two attached hydrogens (primary N) is 1. The highest BCUT2D eigenvalue weighted by molar-refractivity contribution is 5.10. The molecule has 8 nitrogen and oxygen atoms in total. The van der Waals surface area contributed by atoms with E-state index in [0.717, 1.165) is 0 Å². The first-order valence-corrected chi connectivity index (χ1v) is 7.67. The molecule has 0 aromatic heterocycles. The van der Waals surface area contributed by atoms with Gasteiger partial charge < -0.3 is 36.6 Å². The third kappa shape index (κ3) is 4.36. The van der Waals surface area contributed by atoms with Gasteiger partial charge in [-0.3, -0.25) is 0 Å². The lowest BCUT2D eigenvalue weighted by Gasteiger charge is -2.55. The van der Waals surface area contributed by atoms with E-state index in [1.807, 2.05) is 0 Å². The summed E-state index contributed by atoms with van der Waals surface area (Å²) in [7, 11) is 0. The zero-order valence-electron chi connectivity index (χ0n) is 14.1. The number of nitrogens with one attached hydrogen (secondary N) is 1. The summed E-state index contributed by atoms with van der Waals surface area (Å²) < 4.78 is 0. The first kappa shape index (κ1) is 21.7. The quantitative estimate of drug-likeness (QED) is 0.224. The molecule has 6 atom stereocenters. The molecule has 0 fully saturated rings. The molecular weight excluding hydrogens is 290 g/mol. The van der Waals surface area contributed by atoms with Crippen LogP contribution in [0.15, 0.2) is 0 Å². The van der Waals surface area contributed by atoms with Gasteiger partial charge in [0.2, 0.25) is 0 Å². The lowest BCUT2D eigenvalue weighted by atomic mass is 9.75. The van der Waals surface area contributed by atoms with E-state index in [0.29, 0.717) is 13.1 Å². The van der Waals surface area contributed by atoms with E-state index in [1.54, 1.807) is 0 Å². The van der Waals surface area contributed by atoms with Crippen LogP contribution < -0.4 is 11.1 Å². The van der Waals surface area contributed by atoms with Crippen molar-refractivity contribution in [2.45, 2.75) is 77.0 Å². The Labute approximate surface area is 132 Å². The fourth-order valence-electron chi connectivity index (χ4n) is 3.38. The third-order valence-electron chi connectivity index (χ3n) is 4.08. The molecule has 0 saturated heterocycles. The highest BCUT2D eigenvalue weighted by atomic mass is 16.3. The van der Waals surface area contributed by atoms with Gasteiger partial charge in [-0.25, -0.2) is 4.90 Å². The number of hydrogen-bond acceptors (Lipinski definition) is 8. The van der Waals surface area contributed by atoms with Gasteiger partial charge in [-0.1, -0.05) is 0 Å². The Hall–Kier alpha value is -0.320. The molecule has 0 radical (unpaired) electrons. The van der Waals surface area contributed by atoms with Crippen molar-refractivity contribution in [1.29, 1.82) is 0 Å². The summed E-state index contributed by atoms with van der Waals surface area (Å²) in [6, 6.07) is -0.833. The number of aliphatic hydroxyl groups excluding tert-OH is 5. The largest absolute Gasteiger partial charge is 0.392 e. The van der Waals surface area contributed by atoms with Gasteiger partial charge in [0, 0.05) is 13.1 Å². The Balaban J connectivity index is 6.14. The molecule has 6 unspecified atom stereocenters. The molecule has 0 aliphatic carbocycles. The smallest absolute Gasteiger partial charge is 0.107 e. The van der Waals surface area contributed by atoms with E-state index in [4.69, 9.17) is 5.73 Å². The van der Waals surface area contributed by atoms with Crippen LogP contribution in [0, 0.1) is 0 Å². The maximum atomic E-state index is 10.4. The predicted molar refractivity (Wildman–Crippen MR) is 83.8 cm³/mol. The van der Waals surface area contributed by atoms with Crippen LogP contribution in [-0.2, 0) is 0 Å². The van der Waals surface area contributed by atoms with Gasteiger partial charge in [0.05, 0.1) is 29.9 Å². The van der Waals surface area contributed by atoms with E-state index in [1.165, 1.54) is 39.5 Å². The molecule has 22 heavy (non-hydrogen) atoms. The summed E-state index contributed by atoms with van der Waals surface area (Å²) in [5.41, 5.74) is 3.96. The lowest BCUT2D eigenvalue weighted by molar-refractivity contribution is -0.223. The van der Waals surface area contributed by atoms with Crippen LogP contribution >= 0.6 is 0 Å². The summed E-state index contributed by atoms with van der Waals surface area (Å²) in [5, 5.41) is 54.2. The first-order chi connectivity index (χ1) is 10.0. The van der Waals surface area contributed by atoms with Crippen LogP contribution in [0.1, 0.15) is 34.6 Å². The molecule has 0 spiro atoms. The summed E-state index contributed by atoms with van der Waals surface area (Å²) in [6.07, 6.45) is -5.63. The van der Waals surface area contributed by atoms with Crippen LogP contribution in [0.2, 0.25) is 0 Å². The van der Waals surface area contributed by atoms with Crippen LogP contribution in [-0.4, -0.2) is 85.9 Å². The molecule has 0 amide bonds. The molecule has 0 aromatic rings. The van der Waals surface area contributed by atoms with Crippen molar-refractivity contribution in [3.63, 3.8) is 0 Å². The molecule has 0 aromatic carbocycles. The molecule has 134 valence electrons. The van der Waals surface area contributed by atoms with Crippen molar-refractivity contribution in [1.82, 2.24) is 10.2 Å². The normalized spacial score (nSPS) is 23.5. The average Bonchev–Trinajstić information content (AvgIpc) is 2.35. The van der Waals surface area contributed by atoms with Gasteiger partial charge in [0.25, 0.3) is 0 Å². The summed E-state index contributed by atoms with van der Waals surface area (Å²) in [6.45, 7) is 7.89. The zero-order chi connectivity index (χ0) is 17.7. The SMILES string of the molecule is CC(O)C(NCCN)C(C(C)O)(C(C)O)N(C(C)O)C(C)O. The van der Waals surface area contributed by atoms with Crippen LogP contribution in [0.4, 0.5) is 0 Å². The second-order valence-corrected chi connectivity index (χ2v) is 5.87. The third-order valence-corrected chi connectivity index (χ3v) is 4.08. The number of nitrogens with zero attached hydrogens (tertiary/aromatic N) is 1. The van der Waals surface area contributed by atoms with E-state index >= 15 is 0 Å². The topological polar surface area (TPSA) is 142 Å². The minimum absolute atomic E-state index is 0.294. The molecule has 8 heteroatoms. The molecular formula is C14H33N3O5. The maximum Gasteiger partial charge on any atom is 0.107 e. The van der Waals surface area contributed by atoms with Gasteiger partial charge in [0.15, 0.2) is 0 Å². The predicted octanol–water partition coefficient (Wildman–Crippen LogP) is -2.24. The van der Waals surface area contributed by atoms with Crippen LogP contribution in [0.5, 0.6) is 0 Å². The van der Waals surface area contributed by atoms with Gasteiger partial charge in [-0.2, -0.15) is 0 Å². The Morgan fingerprint density at radius 1 is 0.909 bits per heavy atom. The van der Waals surface area contributed by atoms with Gasteiger partial charge >= 0.3 is 0 Å². The Morgan fingerprint density at radius 3 is 1.55 bits per heavy atom. The standard InChI is InChI=1S/C14H33N3O5/c1-8(18)13(16-7-6-15)14(9(2)19,10(3)20)17(11(4)21)12(5)22/h8-13,16,18-22H,6-7,15H2,1-5H3. The highest BCUT2D eigenvalue weighted by Gasteiger charge is 2.55. The molecule has 0 aliphatic rings. The summed E-state index contributed by atoms with van der Waals surface area (Å²) in [5.74, 6) is 0. The molecule has 8 N–H and O–H groups in total. The second-order valence-electron chi connectivity index (χ2n) is 5.87. The minimum atomic E-state index is -1.52. The van der Waals surface area contributed by atoms with Crippen molar-refractivity contribution in [2.75, 3.05) is 13.1 Å². The van der Waals surface area contributed by atoms with Crippen molar-refractivity contribution < 1.29 is 25.5 Å². The monoisotopic (exact) mass is 323 g/mol. The Kier molecular flexibility index (Phi) is 8.96. The average molecular weight is 323 g/mol. The fraction of sp³-hybridized carbons (Fsp3) is 1.00. The number of rotatable bonds is 10. The molecule has 0 heterocycles. The zero-order valence-corrected chi connectivity index (χ0v) is 14.1. The Morgan fingerprint density at radius 2 is 1.32 bits per heavy atom. The molecule has 0 aliphatic heterocycles. The second kappa shape index (κ2) is 9.09. The van der Waals surface area contributed by atoms with Crippen LogP contribution in [0.25, 0.3) is 0 Å². The highest BCUT2D eigenvalue weighted by Crippen LogP contribution is 2.33. The minimum Gasteiger partial charge on any atom is -0.392 e. The Bertz CT molecular complexity index is 295. The molecule has 0 bridgehead atoms. The van der Waals surface area contributed by atoms with E-state index in [2.05, 4.69) is 5.32 Å². The van der Waals surface area contributed by atoms with Crippen LogP contribution in [0.3, 0.4) is 0 Å². The van der Waals surface area contributed by atoms with Crippen molar-refractivity contribution in [3.05, 3.63) is 0 Å². The first-order valence-electron chi connectivity index (χ1n) is 7.67. The van der Waals surface area contributed by atoms with E-state index in [9.17, 15) is 25.5 Å². The lowest BCUT2D eigenvalue weighted by Crippen LogP contribution is -2.77. The van der Waals surface area contributed by atoms with Gasteiger partial charge in [-0.05, 0) is 34.6 Å². The van der Waals surface area contributed by atoms with E-state index < -0.39 is 42.3 Å².